The molecule has 0 unspecified atom stereocenters. The fraction of sp³-hybridized carbons (Fsp3) is 0.298. The Bertz CT molecular complexity index is 2330. The SMILES string of the molecule is C=CCN1C(=O)[C@]2(O[C@H](CC(=O)N(CCO)Cc3ccccc3)[C@@H](C(C)(C)c3ccc(OC)cc3)[C@@H]2C)c2cc(N3C(=O)c4cccc5cccc3c45)ccc21. The van der Waals surface area contributed by atoms with Crippen molar-refractivity contribution in [3.8, 4) is 5.75 Å². The fourth-order valence-corrected chi connectivity index (χ4v) is 9.64. The first-order chi connectivity index (χ1) is 27.0. The molecule has 5 aromatic carbocycles. The van der Waals surface area contributed by atoms with Crippen molar-refractivity contribution >= 4 is 45.6 Å². The molecule has 3 aliphatic heterocycles. The van der Waals surface area contributed by atoms with Crippen LogP contribution in [-0.2, 0) is 31.9 Å². The minimum Gasteiger partial charge on any atom is -0.497 e. The minimum absolute atomic E-state index is 0.00510. The monoisotopic (exact) mass is 749 g/mol. The third-order valence-corrected chi connectivity index (χ3v) is 12.3. The van der Waals surface area contributed by atoms with E-state index in [9.17, 15) is 14.7 Å². The summed E-state index contributed by atoms with van der Waals surface area (Å²) in [6, 6.07) is 35.0. The van der Waals surface area contributed by atoms with Crippen LogP contribution in [-0.4, -0.2) is 60.6 Å². The predicted molar refractivity (Wildman–Crippen MR) is 218 cm³/mol. The van der Waals surface area contributed by atoms with E-state index in [4.69, 9.17) is 9.47 Å². The molecule has 0 radical (unpaired) electrons. The molecule has 0 aliphatic carbocycles. The third-order valence-electron chi connectivity index (χ3n) is 12.3. The van der Waals surface area contributed by atoms with Crippen LogP contribution in [0.5, 0.6) is 5.75 Å². The molecule has 0 bridgehead atoms. The molecule has 9 nitrogen and oxygen atoms in total. The highest BCUT2D eigenvalue weighted by Crippen LogP contribution is 2.60. The van der Waals surface area contributed by atoms with Crippen LogP contribution in [0.25, 0.3) is 10.8 Å². The second-order valence-corrected chi connectivity index (χ2v) is 15.6. The van der Waals surface area contributed by atoms with Gasteiger partial charge in [0.2, 0.25) is 5.91 Å². The van der Waals surface area contributed by atoms with Crippen molar-refractivity contribution in [1.82, 2.24) is 4.90 Å². The van der Waals surface area contributed by atoms with Crippen molar-refractivity contribution in [1.29, 1.82) is 0 Å². The molecular formula is C47H47N3O6. The van der Waals surface area contributed by atoms with Gasteiger partial charge in [0.1, 0.15) is 5.75 Å². The van der Waals surface area contributed by atoms with Crippen LogP contribution in [0.3, 0.4) is 0 Å². The standard InChI is InChI=1S/C47H47N3O6/c1-6-24-49-38-23-20-34(50-39-17-11-15-32-14-10-16-36(42(32)39)44(50)53)27-37(38)47(45(49)54)30(2)43(46(3,4)33-18-21-35(55-5)22-19-33)40(56-47)28-41(52)48(25-26-51)29-31-12-8-7-9-13-31/h6-23,27,30,40,43,51H,1,24-26,28-29H2,2-5H3/t30-,40+,43-,47+/m0/s1. The molecule has 1 saturated heterocycles. The molecule has 1 N–H and O–H groups in total. The van der Waals surface area contributed by atoms with Crippen molar-refractivity contribution < 1.29 is 29.0 Å². The Morgan fingerprint density at radius 1 is 0.964 bits per heavy atom. The van der Waals surface area contributed by atoms with Gasteiger partial charge in [-0.05, 0) is 64.4 Å². The number of amides is 3. The van der Waals surface area contributed by atoms with E-state index in [1.54, 1.807) is 27.9 Å². The number of carbonyl (C=O) groups excluding carboxylic acids is 3. The number of carbonyl (C=O) groups is 3. The first-order valence-electron chi connectivity index (χ1n) is 19.2. The van der Waals surface area contributed by atoms with Gasteiger partial charge in [0.15, 0.2) is 5.60 Å². The molecular weight excluding hydrogens is 703 g/mol. The highest BCUT2D eigenvalue weighted by molar-refractivity contribution is 6.28. The van der Waals surface area contributed by atoms with Gasteiger partial charge >= 0.3 is 0 Å². The Balaban J connectivity index is 1.25. The normalized spacial score (nSPS) is 21.3. The number of methoxy groups -OCH3 is 1. The molecule has 9 heteroatoms. The van der Waals surface area contributed by atoms with E-state index in [1.165, 1.54) is 0 Å². The van der Waals surface area contributed by atoms with Crippen molar-refractivity contribution in [3.63, 3.8) is 0 Å². The van der Waals surface area contributed by atoms with Gasteiger partial charge < -0.3 is 24.4 Å². The smallest absolute Gasteiger partial charge is 0.264 e. The second-order valence-electron chi connectivity index (χ2n) is 15.6. The van der Waals surface area contributed by atoms with Gasteiger partial charge in [-0.1, -0.05) is 93.6 Å². The lowest BCUT2D eigenvalue weighted by Gasteiger charge is -2.39. The Labute approximate surface area is 327 Å². The summed E-state index contributed by atoms with van der Waals surface area (Å²) in [6.45, 7) is 10.9. The zero-order chi connectivity index (χ0) is 39.4. The maximum absolute atomic E-state index is 15.1. The molecule has 1 spiro atoms. The first-order valence-corrected chi connectivity index (χ1v) is 19.2. The largest absolute Gasteiger partial charge is 0.497 e. The zero-order valence-corrected chi connectivity index (χ0v) is 32.3. The Kier molecular flexibility index (Phi) is 9.55. The maximum Gasteiger partial charge on any atom is 0.264 e. The van der Waals surface area contributed by atoms with Gasteiger partial charge in [0.25, 0.3) is 11.8 Å². The average Bonchev–Trinajstić information content (AvgIpc) is 3.76. The number of aliphatic hydroxyl groups excluding tert-OH is 1. The van der Waals surface area contributed by atoms with Crippen LogP contribution < -0.4 is 14.5 Å². The van der Waals surface area contributed by atoms with Crippen molar-refractivity contribution in [2.45, 2.75) is 50.9 Å². The van der Waals surface area contributed by atoms with Crippen molar-refractivity contribution in [2.75, 3.05) is 36.6 Å². The summed E-state index contributed by atoms with van der Waals surface area (Å²) in [4.78, 5) is 48.8. The first kappa shape index (κ1) is 37.2. The lowest BCUT2D eigenvalue weighted by Crippen LogP contribution is -2.46. The number of nitrogens with zero attached hydrogens (tertiary/aromatic N) is 3. The van der Waals surface area contributed by atoms with Gasteiger partial charge in [-0.2, -0.15) is 0 Å². The molecule has 0 saturated carbocycles. The fourth-order valence-electron chi connectivity index (χ4n) is 9.64. The lowest BCUT2D eigenvalue weighted by atomic mass is 9.63. The molecule has 8 rings (SSSR count). The van der Waals surface area contributed by atoms with Crippen LogP contribution in [0.2, 0.25) is 0 Å². The number of hydrogen-bond donors (Lipinski definition) is 1. The number of ether oxygens (including phenoxy) is 2. The molecule has 0 aromatic heterocycles. The molecule has 1 fully saturated rings. The van der Waals surface area contributed by atoms with Crippen LogP contribution in [0, 0.1) is 11.8 Å². The summed E-state index contributed by atoms with van der Waals surface area (Å²) < 4.78 is 12.7. The van der Waals surface area contributed by atoms with Crippen LogP contribution in [0.4, 0.5) is 17.1 Å². The third kappa shape index (κ3) is 5.80. The van der Waals surface area contributed by atoms with E-state index < -0.39 is 23.0 Å². The van der Waals surface area contributed by atoms with Crippen LogP contribution >= 0.6 is 0 Å². The van der Waals surface area contributed by atoms with Crippen LogP contribution in [0.15, 0.2) is 122 Å². The predicted octanol–water partition coefficient (Wildman–Crippen LogP) is 7.91. The van der Waals surface area contributed by atoms with E-state index in [1.807, 2.05) is 109 Å². The topological polar surface area (TPSA) is 99.6 Å². The molecule has 3 amide bonds. The molecule has 5 aromatic rings. The number of hydrogen-bond acceptors (Lipinski definition) is 6. The summed E-state index contributed by atoms with van der Waals surface area (Å²) in [5.41, 5.74) is 3.29. The number of rotatable bonds is 12. The lowest BCUT2D eigenvalue weighted by molar-refractivity contribution is -0.150. The number of anilines is 3. The van der Waals surface area contributed by atoms with E-state index in [2.05, 4.69) is 27.4 Å². The van der Waals surface area contributed by atoms with Gasteiger partial charge in [0.05, 0.1) is 43.2 Å². The van der Waals surface area contributed by atoms with Gasteiger partial charge in [-0.15, -0.1) is 6.58 Å². The molecule has 56 heavy (non-hydrogen) atoms. The summed E-state index contributed by atoms with van der Waals surface area (Å²) in [5.74, 6) is -0.568. The van der Waals surface area contributed by atoms with Crippen LogP contribution in [0.1, 0.15) is 54.2 Å². The number of benzene rings is 5. The highest BCUT2D eigenvalue weighted by Gasteiger charge is 2.66. The highest BCUT2D eigenvalue weighted by atomic mass is 16.5. The van der Waals surface area contributed by atoms with Crippen molar-refractivity contribution in [3.05, 3.63) is 144 Å². The summed E-state index contributed by atoms with van der Waals surface area (Å²) in [6.07, 6.45) is 1.00. The quantitative estimate of drug-likeness (QED) is 0.130. The van der Waals surface area contributed by atoms with E-state index in [-0.39, 0.29) is 49.8 Å². The average molecular weight is 750 g/mol. The Morgan fingerprint density at radius 2 is 1.70 bits per heavy atom. The molecule has 4 atom stereocenters. The summed E-state index contributed by atoms with van der Waals surface area (Å²) >= 11 is 0. The second kappa shape index (κ2) is 14.4. The number of fused-ring (bicyclic) bond motifs is 2. The minimum atomic E-state index is -1.48. The maximum atomic E-state index is 15.1. The Hall–Kier alpha value is -5.77. The summed E-state index contributed by atoms with van der Waals surface area (Å²) in [5, 5.41) is 11.9. The van der Waals surface area contributed by atoms with Gasteiger partial charge in [-0.3, -0.25) is 19.3 Å². The van der Waals surface area contributed by atoms with E-state index in [0.717, 1.165) is 33.3 Å². The molecule has 3 heterocycles. The zero-order valence-electron chi connectivity index (χ0n) is 32.3. The molecule has 3 aliphatic rings. The molecule has 286 valence electrons. The number of aliphatic hydroxyl groups is 1. The summed E-state index contributed by atoms with van der Waals surface area (Å²) in [7, 11) is 1.63. The van der Waals surface area contributed by atoms with Gasteiger partial charge in [-0.25, -0.2) is 0 Å². The van der Waals surface area contributed by atoms with Crippen molar-refractivity contribution in [2.24, 2.45) is 11.8 Å². The van der Waals surface area contributed by atoms with Gasteiger partial charge in [0, 0.05) is 48.1 Å². The van der Waals surface area contributed by atoms with E-state index in [0.29, 0.717) is 29.0 Å². The van der Waals surface area contributed by atoms with E-state index >= 15 is 4.79 Å². The Morgan fingerprint density at radius 3 is 2.39 bits per heavy atom.